The topological polar surface area (TPSA) is 34.1 Å². The van der Waals surface area contributed by atoms with Crippen LogP contribution in [0, 0.1) is 6.92 Å². The van der Waals surface area contributed by atoms with Gasteiger partial charge in [0.1, 0.15) is 0 Å². The fourth-order valence-electron chi connectivity index (χ4n) is 2.07. The summed E-state index contributed by atoms with van der Waals surface area (Å²) in [6.07, 6.45) is 1.64. The van der Waals surface area contributed by atoms with Gasteiger partial charge in [0.15, 0.2) is 9.84 Å². The van der Waals surface area contributed by atoms with Crippen molar-refractivity contribution in [3.05, 3.63) is 70.6 Å². The molecule has 0 saturated carbocycles. The average Bonchev–Trinajstić information content (AvgIpc) is 2.45. The average molecular weight is 314 g/mol. The van der Waals surface area contributed by atoms with Crippen molar-refractivity contribution in [2.45, 2.75) is 38.0 Å². The second kappa shape index (κ2) is 6.09. The van der Waals surface area contributed by atoms with E-state index in [2.05, 4.69) is 20.8 Å². The van der Waals surface area contributed by atoms with Crippen molar-refractivity contribution in [2.75, 3.05) is 0 Å². The van der Waals surface area contributed by atoms with Gasteiger partial charge in [0, 0.05) is 5.41 Å². The molecule has 2 aromatic carbocycles. The number of hydrogen-bond acceptors (Lipinski definition) is 2. The summed E-state index contributed by atoms with van der Waals surface area (Å²) < 4.78 is 24.5. The molecule has 0 aliphatic heterocycles. The van der Waals surface area contributed by atoms with Gasteiger partial charge in [-0.25, -0.2) is 8.42 Å². The molecule has 0 aliphatic rings. The van der Waals surface area contributed by atoms with E-state index >= 15 is 0 Å². The van der Waals surface area contributed by atoms with Gasteiger partial charge in [-0.15, -0.1) is 0 Å². The monoisotopic (exact) mass is 314 g/mol. The summed E-state index contributed by atoms with van der Waals surface area (Å²) in [5, 5.41) is 1.27. The third kappa shape index (κ3) is 4.08. The van der Waals surface area contributed by atoms with Gasteiger partial charge in [-0.1, -0.05) is 62.7 Å². The lowest BCUT2D eigenvalue weighted by Gasteiger charge is -2.18. The van der Waals surface area contributed by atoms with Crippen LogP contribution < -0.4 is 0 Å². The van der Waals surface area contributed by atoms with Crippen molar-refractivity contribution in [2.24, 2.45) is 0 Å². The van der Waals surface area contributed by atoms with E-state index < -0.39 is 9.84 Å². The Balaban J connectivity index is 2.22. The molecule has 0 amide bonds. The van der Waals surface area contributed by atoms with Crippen LogP contribution in [-0.2, 0) is 15.3 Å². The molecule has 116 valence electrons. The molecule has 0 saturated heterocycles. The van der Waals surface area contributed by atoms with Gasteiger partial charge in [-0.2, -0.15) is 0 Å². The number of aryl methyl sites for hydroxylation is 1. The Morgan fingerprint density at radius 2 is 1.41 bits per heavy atom. The first-order valence-corrected chi connectivity index (χ1v) is 8.83. The normalized spacial score (nSPS) is 12.7. The lowest BCUT2D eigenvalue weighted by atomic mass is 9.87. The molecule has 2 nitrogen and oxygen atoms in total. The second-order valence-corrected chi connectivity index (χ2v) is 8.37. The minimum atomic E-state index is -3.39. The summed E-state index contributed by atoms with van der Waals surface area (Å²) in [6, 6.07) is 14.9. The first-order chi connectivity index (χ1) is 10.2. The van der Waals surface area contributed by atoms with Crippen molar-refractivity contribution in [1.29, 1.82) is 0 Å². The maximum atomic E-state index is 12.3. The van der Waals surface area contributed by atoms with E-state index in [1.807, 2.05) is 31.2 Å². The van der Waals surface area contributed by atoms with Crippen LogP contribution in [0.5, 0.6) is 0 Å². The number of sulfone groups is 1. The molecule has 22 heavy (non-hydrogen) atoms. The van der Waals surface area contributed by atoms with Gasteiger partial charge in [-0.05, 0) is 41.7 Å². The molecule has 0 spiro atoms. The first kappa shape index (κ1) is 16.5. The van der Waals surface area contributed by atoms with Gasteiger partial charge < -0.3 is 0 Å². The van der Waals surface area contributed by atoms with Crippen LogP contribution in [-0.4, -0.2) is 8.42 Å². The van der Waals surface area contributed by atoms with Crippen molar-refractivity contribution in [1.82, 2.24) is 0 Å². The Bertz CT molecular complexity index is 760. The molecule has 0 atom stereocenters. The van der Waals surface area contributed by atoms with Crippen molar-refractivity contribution >= 4 is 15.9 Å². The fourth-order valence-corrected chi connectivity index (χ4v) is 3.08. The lowest BCUT2D eigenvalue weighted by Crippen LogP contribution is -2.10. The molecular formula is C19H22O2S. The summed E-state index contributed by atoms with van der Waals surface area (Å²) in [4.78, 5) is 0.320. The highest BCUT2D eigenvalue weighted by Crippen LogP contribution is 2.23. The molecular weight excluding hydrogens is 292 g/mol. The number of rotatable bonds is 3. The second-order valence-electron chi connectivity index (χ2n) is 6.53. The van der Waals surface area contributed by atoms with Gasteiger partial charge in [0.2, 0.25) is 0 Å². The van der Waals surface area contributed by atoms with E-state index in [4.69, 9.17) is 0 Å². The zero-order valence-corrected chi connectivity index (χ0v) is 14.3. The van der Waals surface area contributed by atoms with Crippen LogP contribution in [0.25, 0.3) is 6.08 Å². The first-order valence-electron chi connectivity index (χ1n) is 7.29. The van der Waals surface area contributed by atoms with Crippen LogP contribution in [0.3, 0.4) is 0 Å². The minimum Gasteiger partial charge on any atom is -0.219 e. The highest BCUT2D eigenvalue weighted by Gasteiger charge is 2.13. The van der Waals surface area contributed by atoms with Crippen LogP contribution in [0.1, 0.15) is 37.5 Å². The summed E-state index contributed by atoms with van der Waals surface area (Å²) in [7, 11) is -3.39. The Morgan fingerprint density at radius 3 is 1.91 bits per heavy atom. The summed E-state index contributed by atoms with van der Waals surface area (Å²) in [5.41, 5.74) is 3.24. The third-order valence-corrected chi connectivity index (χ3v) is 4.99. The quantitative estimate of drug-likeness (QED) is 0.820. The molecule has 0 bridgehead atoms. The summed E-state index contributed by atoms with van der Waals surface area (Å²) in [6.45, 7) is 8.39. The Labute approximate surface area is 133 Å². The SMILES string of the molecule is Cc1ccc(S(=O)(=O)/C=C/c2ccc(C(C)(C)C)cc2)cc1. The predicted octanol–water partition coefficient (Wildman–Crippen LogP) is 4.74. The minimum absolute atomic E-state index is 0.0935. The zero-order chi connectivity index (χ0) is 16.4. The van der Waals surface area contributed by atoms with E-state index in [0.29, 0.717) is 4.90 Å². The maximum absolute atomic E-state index is 12.3. The Hall–Kier alpha value is -1.87. The van der Waals surface area contributed by atoms with E-state index in [1.54, 1.807) is 30.3 Å². The number of hydrogen-bond donors (Lipinski definition) is 0. The van der Waals surface area contributed by atoms with Crippen LogP contribution >= 0.6 is 0 Å². The van der Waals surface area contributed by atoms with Gasteiger partial charge in [0.25, 0.3) is 0 Å². The Kier molecular flexibility index (Phi) is 4.57. The molecule has 0 aromatic heterocycles. The summed E-state index contributed by atoms with van der Waals surface area (Å²) in [5.74, 6) is 0. The van der Waals surface area contributed by atoms with E-state index in [0.717, 1.165) is 11.1 Å². The van der Waals surface area contributed by atoms with Gasteiger partial charge >= 0.3 is 0 Å². The van der Waals surface area contributed by atoms with E-state index in [1.165, 1.54) is 11.0 Å². The van der Waals surface area contributed by atoms with Gasteiger partial charge in [0.05, 0.1) is 4.90 Å². The molecule has 0 aliphatic carbocycles. The van der Waals surface area contributed by atoms with Crippen LogP contribution in [0.2, 0.25) is 0 Å². The number of benzene rings is 2. The molecule has 0 fully saturated rings. The van der Waals surface area contributed by atoms with Gasteiger partial charge in [-0.3, -0.25) is 0 Å². The predicted molar refractivity (Wildman–Crippen MR) is 92.5 cm³/mol. The van der Waals surface area contributed by atoms with Crippen molar-refractivity contribution in [3.8, 4) is 0 Å². The van der Waals surface area contributed by atoms with Crippen LogP contribution in [0.4, 0.5) is 0 Å². The van der Waals surface area contributed by atoms with E-state index in [-0.39, 0.29) is 5.41 Å². The molecule has 3 heteroatoms. The van der Waals surface area contributed by atoms with Crippen molar-refractivity contribution in [3.63, 3.8) is 0 Å². The fraction of sp³-hybridized carbons (Fsp3) is 0.263. The molecule has 2 aromatic rings. The summed E-state index contributed by atoms with van der Waals surface area (Å²) >= 11 is 0. The smallest absolute Gasteiger partial charge is 0.199 e. The molecule has 0 N–H and O–H groups in total. The third-order valence-electron chi connectivity index (χ3n) is 3.57. The Morgan fingerprint density at radius 1 is 0.864 bits per heavy atom. The highest BCUT2D eigenvalue weighted by molar-refractivity contribution is 7.94. The molecule has 0 unspecified atom stereocenters. The molecule has 0 heterocycles. The van der Waals surface area contributed by atoms with E-state index in [9.17, 15) is 8.42 Å². The standard InChI is InChI=1S/C19H22O2S/c1-15-5-11-18(12-6-15)22(20,21)14-13-16-7-9-17(10-8-16)19(2,3)4/h5-14H,1-4H3/b14-13+. The maximum Gasteiger partial charge on any atom is 0.199 e. The molecule has 2 rings (SSSR count). The van der Waals surface area contributed by atoms with Crippen molar-refractivity contribution < 1.29 is 8.42 Å². The highest BCUT2D eigenvalue weighted by atomic mass is 32.2. The zero-order valence-electron chi connectivity index (χ0n) is 13.5. The van der Waals surface area contributed by atoms with Crippen LogP contribution in [0.15, 0.2) is 58.8 Å². The molecule has 0 radical (unpaired) electrons. The lowest BCUT2D eigenvalue weighted by molar-refractivity contribution is 0.590. The largest absolute Gasteiger partial charge is 0.219 e.